The Bertz CT molecular complexity index is 835. The number of hydrogen-bond acceptors (Lipinski definition) is 8. The molecule has 0 radical (unpaired) electrons. The molecule has 0 unspecified atom stereocenters. The van der Waals surface area contributed by atoms with Crippen molar-refractivity contribution in [3.05, 3.63) is 35.9 Å². The van der Waals surface area contributed by atoms with E-state index >= 15 is 0 Å². The first-order valence-electron chi connectivity index (χ1n) is 8.18. The molecule has 0 saturated carbocycles. The second kappa shape index (κ2) is 7.67. The first-order valence-corrected chi connectivity index (χ1v) is 8.18. The van der Waals surface area contributed by atoms with E-state index in [1.165, 1.54) is 19.2 Å². The van der Waals surface area contributed by atoms with E-state index < -0.39 is 43.3 Å². The van der Waals surface area contributed by atoms with Crippen LogP contribution in [0.3, 0.4) is 0 Å². The van der Waals surface area contributed by atoms with Gasteiger partial charge < -0.3 is 39.7 Å². The van der Waals surface area contributed by atoms with Crippen molar-refractivity contribution in [1.82, 2.24) is 0 Å². The van der Waals surface area contributed by atoms with Crippen molar-refractivity contribution in [2.24, 2.45) is 0 Å². The number of aromatic carboxylic acids is 1. The number of benzene rings is 2. The minimum atomic E-state index is -1.57. The third-order valence-electron chi connectivity index (χ3n) is 4.46. The van der Waals surface area contributed by atoms with Gasteiger partial charge in [-0.15, -0.1) is 0 Å². The molecule has 0 aromatic heterocycles. The molecule has 1 aliphatic heterocycles. The lowest BCUT2D eigenvalue weighted by Crippen LogP contribution is -2.60. The van der Waals surface area contributed by atoms with Gasteiger partial charge in [0.05, 0.1) is 24.7 Å². The normalized spacial score (nSPS) is 28.1. The van der Waals surface area contributed by atoms with Gasteiger partial charge in [0.1, 0.15) is 35.9 Å². The highest BCUT2D eigenvalue weighted by atomic mass is 16.7. The fourth-order valence-electron chi connectivity index (χ4n) is 3.03. The van der Waals surface area contributed by atoms with Crippen molar-refractivity contribution in [3.63, 3.8) is 0 Å². The average molecular weight is 380 g/mol. The van der Waals surface area contributed by atoms with Crippen LogP contribution < -0.4 is 9.47 Å². The summed E-state index contributed by atoms with van der Waals surface area (Å²) in [6, 6.07) is 7.63. The van der Waals surface area contributed by atoms with Crippen LogP contribution >= 0.6 is 0 Å². The van der Waals surface area contributed by atoms with E-state index in [1.54, 1.807) is 18.2 Å². The summed E-state index contributed by atoms with van der Waals surface area (Å²) in [7, 11) is 1.38. The third-order valence-corrected chi connectivity index (χ3v) is 4.46. The maximum atomic E-state index is 11.3. The highest BCUT2D eigenvalue weighted by molar-refractivity contribution is 6.00. The fraction of sp³-hybridized carbons (Fsp3) is 0.389. The van der Waals surface area contributed by atoms with Crippen LogP contribution in [0.5, 0.6) is 11.5 Å². The molecule has 5 atom stereocenters. The van der Waals surface area contributed by atoms with Crippen LogP contribution in [0.15, 0.2) is 30.3 Å². The number of aliphatic hydroxyl groups excluding tert-OH is 4. The quantitative estimate of drug-likeness (QED) is 0.473. The molecule has 9 nitrogen and oxygen atoms in total. The molecule has 146 valence electrons. The minimum absolute atomic E-state index is 0.0318. The molecule has 2 aromatic rings. The summed E-state index contributed by atoms with van der Waals surface area (Å²) in [5.41, 5.74) is 0.0318. The minimum Gasteiger partial charge on any atom is -0.496 e. The lowest BCUT2D eigenvalue weighted by Gasteiger charge is -2.39. The van der Waals surface area contributed by atoms with Crippen LogP contribution in [0, 0.1) is 0 Å². The molecular weight excluding hydrogens is 360 g/mol. The SMILES string of the molecule is COc1cc(C(=O)O)cc2cccc(O[C@@H]3O[C@H](CO)[C@@H](O)[C@H](O)[C@H]3O)c12. The topological polar surface area (TPSA) is 146 Å². The van der Waals surface area contributed by atoms with E-state index in [9.17, 15) is 30.3 Å². The Hall–Kier alpha value is -2.43. The Morgan fingerprint density at radius 3 is 2.48 bits per heavy atom. The third kappa shape index (κ3) is 3.55. The van der Waals surface area contributed by atoms with E-state index in [-0.39, 0.29) is 17.1 Å². The number of hydrogen-bond donors (Lipinski definition) is 5. The molecule has 0 aliphatic carbocycles. The van der Waals surface area contributed by atoms with Gasteiger partial charge >= 0.3 is 5.97 Å². The number of rotatable bonds is 5. The lowest BCUT2D eigenvalue weighted by molar-refractivity contribution is -0.277. The second-order valence-electron chi connectivity index (χ2n) is 6.15. The lowest BCUT2D eigenvalue weighted by atomic mass is 9.99. The number of carbonyl (C=O) groups is 1. The summed E-state index contributed by atoms with van der Waals surface area (Å²) in [6.07, 6.45) is -7.11. The summed E-state index contributed by atoms with van der Waals surface area (Å²) in [5, 5.41) is 49.4. The van der Waals surface area contributed by atoms with E-state index in [0.717, 1.165) is 0 Å². The predicted octanol–water partition coefficient (Wildman–Crippen LogP) is -0.275. The van der Waals surface area contributed by atoms with Crippen molar-refractivity contribution in [1.29, 1.82) is 0 Å². The summed E-state index contributed by atoms with van der Waals surface area (Å²) in [5.74, 6) is -0.661. The molecule has 0 amide bonds. The molecule has 1 heterocycles. The van der Waals surface area contributed by atoms with E-state index in [0.29, 0.717) is 10.8 Å². The molecule has 2 aromatic carbocycles. The molecule has 9 heteroatoms. The Morgan fingerprint density at radius 1 is 1.11 bits per heavy atom. The smallest absolute Gasteiger partial charge is 0.335 e. The van der Waals surface area contributed by atoms with Crippen molar-refractivity contribution >= 4 is 16.7 Å². The number of aliphatic hydroxyl groups is 4. The van der Waals surface area contributed by atoms with Gasteiger partial charge in [-0.3, -0.25) is 0 Å². The Labute approximate surface area is 154 Å². The number of carboxylic acid groups (broad SMARTS) is 1. The standard InChI is InChI=1S/C18H20O9/c1-25-11-6-9(17(23)24)5-8-3-2-4-10(13(8)11)26-18-16(22)15(21)14(20)12(7-19)27-18/h2-6,12,14-16,18-22H,7H2,1H3,(H,23,24)/t12-,14-,15+,16-,18-/m1/s1. The van der Waals surface area contributed by atoms with Crippen molar-refractivity contribution in [2.75, 3.05) is 13.7 Å². The average Bonchev–Trinajstić information content (AvgIpc) is 2.67. The number of carboxylic acids is 1. The zero-order valence-corrected chi connectivity index (χ0v) is 14.3. The van der Waals surface area contributed by atoms with Gasteiger partial charge in [-0.25, -0.2) is 4.79 Å². The first kappa shape index (κ1) is 19.3. The van der Waals surface area contributed by atoms with Gasteiger partial charge in [-0.1, -0.05) is 12.1 Å². The molecular formula is C18H20O9. The highest BCUT2D eigenvalue weighted by Crippen LogP contribution is 2.37. The molecule has 1 aliphatic rings. The first-order chi connectivity index (χ1) is 12.9. The van der Waals surface area contributed by atoms with Crippen molar-refractivity contribution in [2.45, 2.75) is 30.7 Å². The van der Waals surface area contributed by atoms with E-state index in [1.807, 2.05) is 0 Å². The van der Waals surface area contributed by atoms with E-state index in [2.05, 4.69) is 0 Å². The van der Waals surface area contributed by atoms with Gasteiger partial charge in [0.25, 0.3) is 0 Å². The number of methoxy groups -OCH3 is 1. The Morgan fingerprint density at radius 2 is 1.85 bits per heavy atom. The molecule has 3 rings (SSSR count). The van der Waals surface area contributed by atoms with Crippen LogP contribution in [-0.2, 0) is 4.74 Å². The Balaban J connectivity index is 2.01. The second-order valence-corrected chi connectivity index (χ2v) is 6.15. The van der Waals surface area contributed by atoms with Crippen LogP contribution in [0.4, 0.5) is 0 Å². The van der Waals surface area contributed by atoms with Crippen LogP contribution in [0.1, 0.15) is 10.4 Å². The molecule has 27 heavy (non-hydrogen) atoms. The zero-order valence-electron chi connectivity index (χ0n) is 14.3. The zero-order chi connectivity index (χ0) is 19.7. The van der Waals surface area contributed by atoms with Crippen molar-refractivity contribution in [3.8, 4) is 11.5 Å². The monoisotopic (exact) mass is 380 g/mol. The molecule has 1 saturated heterocycles. The number of ether oxygens (including phenoxy) is 3. The molecule has 0 bridgehead atoms. The van der Waals surface area contributed by atoms with E-state index in [4.69, 9.17) is 14.2 Å². The molecule has 0 spiro atoms. The summed E-state index contributed by atoms with van der Waals surface area (Å²) >= 11 is 0. The summed E-state index contributed by atoms with van der Waals surface area (Å²) in [4.78, 5) is 11.3. The molecule has 1 fully saturated rings. The van der Waals surface area contributed by atoms with Gasteiger partial charge in [-0.05, 0) is 23.6 Å². The van der Waals surface area contributed by atoms with Crippen LogP contribution in [-0.4, -0.2) is 75.9 Å². The summed E-state index contributed by atoms with van der Waals surface area (Å²) in [6.45, 7) is -0.578. The van der Waals surface area contributed by atoms with Crippen LogP contribution in [0.25, 0.3) is 10.8 Å². The van der Waals surface area contributed by atoms with Crippen LogP contribution in [0.2, 0.25) is 0 Å². The fourth-order valence-corrected chi connectivity index (χ4v) is 3.03. The Kier molecular flexibility index (Phi) is 5.49. The van der Waals surface area contributed by atoms with Gasteiger partial charge in [-0.2, -0.15) is 0 Å². The van der Waals surface area contributed by atoms with Gasteiger partial charge in [0, 0.05) is 0 Å². The maximum Gasteiger partial charge on any atom is 0.335 e. The van der Waals surface area contributed by atoms with Crippen molar-refractivity contribution < 1.29 is 44.5 Å². The largest absolute Gasteiger partial charge is 0.496 e. The highest BCUT2D eigenvalue weighted by Gasteiger charge is 2.44. The van der Waals surface area contributed by atoms with Gasteiger partial charge in [0.2, 0.25) is 6.29 Å². The molecule has 5 N–H and O–H groups in total. The number of fused-ring (bicyclic) bond motifs is 1. The summed E-state index contributed by atoms with van der Waals surface area (Å²) < 4.78 is 16.3. The predicted molar refractivity (Wildman–Crippen MR) is 91.9 cm³/mol. The maximum absolute atomic E-state index is 11.3. The van der Waals surface area contributed by atoms with Gasteiger partial charge in [0.15, 0.2) is 0 Å².